The number of sulfonamides is 1. The molecule has 2 aromatic rings. The van der Waals surface area contributed by atoms with Gasteiger partial charge in [0.05, 0.1) is 16.1 Å². The van der Waals surface area contributed by atoms with Gasteiger partial charge in [0.2, 0.25) is 0 Å². The van der Waals surface area contributed by atoms with Gasteiger partial charge in [0.25, 0.3) is 10.0 Å². The Morgan fingerprint density at radius 1 is 1.19 bits per heavy atom. The predicted molar refractivity (Wildman–Crippen MR) is 78.3 cm³/mol. The summed E-state index contributed by atoms with van der Waals surface area (Å²) in [6.07, 6.45) is 0. The molecule has 0 atom stereocenters. The van der Waals surface area contributed by atoms with E-state index in [4.69, 9.17) is 5.11 Å². The second kappa shape index (κ2) is 5.82. The zero-order chi connectivity index (χ0) is 15.6. The summed E-state index contributed by atoms with van der Waals surface area (Å²) >= 11 is 3.05. The van der Waals surface area contributed by atoms with Gasteiger partial charge in [0.1, 0.15) is 5.82 Å². The molecule has 0 aliphatic carbocycles. The van der Waals surface area contributed by atoms with Crippen LogP contribution in [0.25, 0.3) is 0 Å². The van der Waals surface area contributed by atoms with Crippen LogP contribution in [0.15, 0.2) is 51.8 Å². The largest absolute Gasteiger partial charge is 0.478 e. The molecule has 21 heavy (non-hydrogen) atoms. The lowest BCUT2D eigenvalue weighted by molar-refractivity contribution is 0.0696. The third-order valence-corrected chi connectivity index (χ3v) is 4.59. The fourth-order valence-electron chi connectivity index (χ4n) is 1.57. The minimum absolute atomic E-state index is 0.143. The number of nitrogens with one attached hydrogen (secondary N) is 1. The van der Waals surface area contributed by atoms with Gasteiger partial charge in [-0.1, -0.05) is 6.07 Å². The lowest BCUT2D eigenvalue weighted by atomic mass is 10.2. The van der Waals surface area contributed by atoms with Crippen LogP contribution in [-0.2, 0) is 10.0 Å². The van der Waals surface area contributed by atoms with Gasteiger partial charge < -0.3 is 5.11 Å². The van der Waals surface area contributed by atoms with Crippen molar-refractivity contribution in [3.05, 3.63) is 58.3 Å². The van der Waals surface area contributed by atoms with Crippen LogP contribution in [0.1, 0.15) is 10.4 Å². The zero-order valence-electron chi connectivity index (χ0n) is 10.4. The first-order chi connectivity index (χ1) is 9.79. The third-order valence-electron chi connectivity index (χ3n) is 2.57. The van der Waals surface area contributed by atoms with E-state index >= 15 is 0 Å². The molecule has 0 aromatic heterocycles. The minimum Gasteiger partial charge on any atom is -0.478 e. The SMILES string of the molecule is O=C(O)c1cccc(S(=O)(=O)Nc2ccc(F)cc2Br)c1. The monoisotopic (exact) mass is 373 g/mol. The van der Waals surface area contributed by atoms with Gasteiger partial charge in [-0.3, -0.25) is 4.72 Å². The first-order valence-electron chi connectivity index (χ1n) is 5.61. The molecule has 0 aliphatic heterocycles. The number of hydrogen-bond acceptors (Lipinski definition) is 3. The molecule has 110 valence electrons. The maximum Gasteiger partial charge on any atom is 0.335 e. The molecule has 0 saturated carbocycles. The Hall–Kier alpha value is -1.93. The smallest absolute Gasteiger partial charge is 0.335 e. The lowest BCUT2D eigenvalue weighted by Crippen LogP contribution is -2.14. The van der Waals surface area contributed by atoms with E-state index in [1.165, 1.54) is 24.3 Å². The highest BCUT2D eigenvalue weighted by atomic mass is 79.9. The van der Waals surface area contributed by atoms with E-state index < -0.39 is 21.8 Å². The van der Waals surface area contributed by atoms with Crippen molar-refractivity contribution in [2.24, 2.45) is 0 Å². The summed E-state index contributed by atoms with van der Waals surface area (Å²) in [6, 6.07) is 8.42. The van der Waals surface area contributed by atoms with Crippen LogP contribution >= 0.6 is 15.9 Å². The maximum absolute atomic E-state index is 13.0. The third kappa shape index (κ3) is 3.59. The number of benzene rings is 2. The quantitative estimate of drug-likeness (QED) is 0.862. The zero-order valence-corrected chi connectivity index (χ0v) is 12.8. The summed E-state index contributed by atoms with van der Waals surface area (Å²) in [6.45, 7) is 0. The van der Waals surface area contributed by atoms with Crippen molar-refractivity contribution in [2.45, 2.75) is 4.90 Å². The van der Waals surface area contributed by atoms with Crippen molar-refractivity contribution in [2.75, 3.05) is 4.72 Å². The Morgan fingerprint density at radius 3 is 2.52 bits per heavy atom. The molecule has 0 heterocycles. The molecule has 8 heteroatoms. The van der Waals surface area contributed by atoms with Crippen molar-refractivity contribution in [1.82, 2.24) is 0 Å². The average Bonchev–Trinajstić information content (AvgIpc) is 2.42. The van der Waals surface area contributed by atoms with Crippen molar-refractivity contribution in [1.29, 1.82) is 0 Å². The standard InChI is InChI=1S/C13H9BrFNO4S/c14-11-7-9(15)4-5-12(11)16-21(19,20)10-3-1-2-8(6-10)13(17)18/h1-7,16H,(H,17,18). The average molecular weight is 374 g/mol. The Balaban J connectivity index is 2.38. The van der Waals surface area contributed by atoms with Crippen LogP contribution in [0.5, 0.6) is 0 Å². The van der Waals surface area contributed by atoms with Gasteiger partial charge in [0, 0.05) is 4.47 Å². The number of carbonyl (C=O) groups is 1. The van der Waals surface area contributed by atoms with Crippen LogP contribution in [0.4, 0.5) is 10.1 Å². The lowest BCUT2D eigenvalue weighted by Gasteiger charge is -2.10. The normalized spacial score (nSPS) is 11.1. The highest BCUT2D eigenvalue weighted by Crippen LogP contribution is 2.26. The Bertz CT molecular complexity index is 808. The molecule has 0 amide bonds. The van der Waals surface area contributed by atoms with E-state index in [-0.39, 0.29) is 20.6 Å². The predicted octanol–water partition coefficient (Wildman–Crippen LogP) is 3.09. The van der Waals surface area contributed by atoms with Gasteiger partial charge in [-0.25, -0.2) is 17.6 Å². The fourth-order valence-corrected chi connectivity index (χ4v) is 3.28. The molecule has 2 aromatic carbocycles. The second-order valence-electron chi connectivity index (χ2n) is 4.06. The number of aromatic carboxylic acids is 1. The van der Waals surface area contributed by atoms with Gasteiger partial charge in [-0.2, -0.15) is 0 Å². The number of hydrogen-bond donors (Lipinski definition) is 2. The van der Waals surface area contributed by atoms with Crippen molar-refractivity contribution >= 4 is 37.6 Å². The molecule has 0 bridgehead atoms. The number of anilines is 1. The number of halogens is 2. The Morgan fingerprint density at radius 2 is 1.90 bits per heavy atom. The van der Waals surface area contributed by atoms with Gasteiger partial charge in [0.15, 0.2) is 0 Å². The molecule has 0 fully saturated rings. The number of carboxylic acid groups (broad SMARTS) is 1. The summed E-state index contributed by atoms with van der Waals surface area (Å²) in [7, 11) is -3.97. The van der Waals surface area contributed by atoms with E-state index in [1.54, 1.807) is 0 Å². The summed E-state index contributed by atoms with van der Waals surface area (Å²) in [4.78, 5) is 10.7. The number of rotatable bonds is 4. The first kappa shape index (κ1) is 15.5. The van der Waals surface area contributed by atoms with Crippen LogP contribution < -0.4 is 4.72 Å². The summed E-state index contributed by atoms with van der Waals surface area (Å²) in [5.74, 6) is -1.74. The molecule has 2 rings (SSSR count). The summed E-state index contributed by atoms with van der Waals surface area (Å²) in [5, 5.41) is 8.87. The van der Waals surface area contributed by atoms with E-state index in [0.717, 1.165) is 18.2 Å². The number of carboxylic acids is 1. The van der Waals surface area contributed by atoms with E-state index in [2.05, 4.69) is 20.7 Å². The van der Waals surface area contributed by atoms with Crippen LogP contribution in [0, 0.1) is 5.82 Å². The highest BCUT2D eigenvalue weighted by molar-refractivity contribution is 9.10. The van der Waals surface area contributed by atoms with E-state index in [1.807, 2.05) is 0 Å². The van der Waals surface area contributed by atoms with Gasteiger partial charge in [-0.05, 0) is 52.3 Å². The molecule has 5 nitrogen and oxygen atoms in total. The molecule has 0 spiro atoms. The summed E-state index contributed by atoms with van der Waals surface area (Å²) < 4.78 is 39.9. The highest BCUT2D eigenvalue weighted by Gasteiger charge is 2.17. The topological polar surface area (TPSA) is 83.5 Å². The molecule has 0 aliphatic rings. The molecule has 0 radical (unpaired) electrons. The van der Waals surface area contributed by atoms with Crippen LogP contribution in [-0.4, -0.2) is 19.5 Å². The first-order valence-corrected chi connectivity index (χ1v) is 7.88. The van der Waals surface area contributed by atoms with Gasteiger partial charge >= 0.3 is 5.97 Å². The van der Waals surface area contributed by atoms with E-state index in [0.29, 0.717) is 0 Å². The van der Waals surface area contributed by atoms with Gasteiger partial charge in [-0.15, -0.1) is 0 Å². The van der Waals surface area contributed by atoms with E-state index in [9.17, 15) is 17.6 Å². The molecular weight excluding hydrogens is 365 g/mol. The molecule has 2 N–H and O–H groups in total. The van der Waals surface area contributed by atoms with Crippen LogP contribution in [0.2, 0.25) is 0 Å². The fraction of sp³-hybridized carbons (Fsp3) is 0. The molecular formula is C13H9BrFNO4S. The second-order valence-corrected chi connectivity index (χ2v) is 6.60. The van der Waals surface area contributed by atoms with Crippen LogP contribution in [0.3, 0.4) is 0 Å². The van der Waals surface area contributed by atoms with Crippen molar-refractivity contribution < 1.29 is 22.7 Å². The minimum atomic E-state index is -3.97. The van der Waals surface area contributed by atoms with Crippen molar-refractivity contribution in [3.63, 3.8) is 0 Å². The molecule has 0 unspecified atom stereocenters. The maximum atomic E-state index is 13.0. The Kier molecular flexibility index (Phi) is 4.29. The summed E-state index contributed by atoms with van der Waals surface area (Å²) in [5.41, 5.74) is 0.00757. The Labute approximate surface area is 128 Å². The molecule has 0 saturated heterocycles. The van der Waals surface area contributed by atoms with Crippen molar-refractivity contribution in [3.8, 4) is 0 Å².